The quantitative estimate of drug-likeness (QED) is 0.874. The number of nitrogens with two attached hydrogens (primary N) is 1. The molecule has 1 amide bonds. The predicted molar refractivity (Wildman–Crippen MR) is 79.4 cm³/mol. The monoisotopic (exact) mass is 274 g/mol. The zero-order valence-electron chi connectivity index (χ0n) is 10.6. The Morgan fingerprint density at radius 2 is 1.89 bits per heavy atom. The first kappa shape index (κ1) is 13.4. The molecule has 0 aliphatic heterocycles. The molecule has 0 bridgehead atoms. The van der Waals surface area contributed by atoms with Crippen LogP contribution in [0, 0.1) is 0 Å². The molecule has 0 radical (unpaired) electrons. The summed E-state index contributed by atoms with van der Waals surface area (Å²) in [5.74, 6) is 0.00652. The lowest BCUT2D eigenvalue weighted by atomic mass is 10.1. The fourth-order valence-corrected chi connectivity index (χ4v) is 1.99. The van der Waals surface area contributed by atoms with E-state index in [0.29, 0.717) is 17.1 Å². The van der Waals surface area contributed by atoms with E-state index in [1.807, 2.05) is 24.3 Å². The zero-order chi connectivity index (χ0) is 13.8. The van der Waals surface area contributed by atoms with Crippen molar-refractivity contribution in [2.75, 3.05) is 17.7 Å². The van der Waals surface area contributed by atoms with Crippen LogP contribution in [0.2, 0.25) is 5.02 Å². The van der Waals surface area contributed by atoms with Gasteiger partial charge >= 0.3 is 0 Å². The standard InChI is InChI=1S/C15H15ClN2O/c1-18(14-7-5-13(17)6-8-14)15(19)10-11-3-2-4-12(16)9-11/h2-9H,10,17H2,1H3. The van der Waals surface area contributed by atoms with E-state index >= 15 is 0 Å². The van der Waals surface area contributed by atoms with Crippen molar-refractivity contribution in [1.82, 2.24) is 0 Å². The van der Waals surface area contributed by atoms with Crippen molar-refractivity contribution >= 4 is 28.9 Å². The van der Waals surface area contributed by atoms with Crippen molar-refractivity contribution in [1.29, 1.82) is 0 Å². The number of carbonyl (C=O) groups is 1. The maximum Gasteiger partial charge on any atom is 0.231 e. The summed E-state index contributed by atoms with van der Waals surface area (Å²) in [5.41, 5.74) is 8.03. The SMILES string of the molecule is CN(C(=O)Cc1cccc(Cl)c1)c1ccc(N)cc1. The fourth-order valence-electron chi connectivity index (χ4n) is 1.78. The van der Waals surface area contributed by atoms with E-state index in [1.165, 1.54) is 0 Å². The number of hydrogen-bond donors (Lipinski definition) is 1. The molecule has 0 fully saturated rings. The van der Waals surface area contributed by atoms with Crippen LogP contribution in [0.5, 0.6) is 0 Å². The second-order valence-electron chi connectivity index (χ2n) is 4.35. The van der Waals surface area contributed by atoms with Gasteiger partial charge in [-0.05, 0) is 42.0 Å². The first-order valence-corrected chi connectivity index (χ1v) is 6.30. The van der Waals surface area contributed by atoms with Crippen molar-refractivity contribution in [3.63, 3.8) is 0 Å². The lowest BCUT2D eigenvalue weighted by Crippen LogP contribution is -2.27. The minimum Gasteiger partial charge on any atom is -0.399 e. The number of nitrogens with zero attached hydrogens (tertiary/aromatic N) is 1. The molecule has 3 nitrogen and oxygen atoms in total. The van der Waals surface area contributed by atoms with Crippen LogP contribution in [-0.4, -0.2) is 13.0 Å². The first-order valence-electron chi connectivity index (χ1n) is 5.93. The Labute approximate surface area is 117 Å². The van der Waals surface area contributed by atoms with Gasteiger partial charge in [-0.1, -0.05) is 23.7 Å². The van der Waals surface area contributed by atoms with Gasteiger partial charge in [0.15, 0.2) is 0 Å². The molecule has 2 rings (SSSR count). The van der Waals surface area contributed by atoms with Crippen molar-refractivity contribution in [3.05, 3.63) is 59.1 Å². The molecule has 2 N–H and O–H groups in total. The number of amides is 1. The predicted octanol–water partition coefficient (Wildman–Crippen LogP) is 3.13. The molecule has 19 heavy (non-hydrogen) atoms. The van der Waals surface area contributed by atoms with Gasteiger partial charge in [0.05, 0.1) is 6.42 Å². The molecule has 0 spiro atoms. The second kappa shape index (κ2) is 5.76. The summed E-state index contributed by atoms with van der Waals surface area (Å²) >= 11 is 5.90. The minimum absolute atomic E-state index is 0.00652. The van der Waals surface area contributed by atoms with Gasteiger partial charge in [-0.15, -0.1) is 0 Å². The van der Waals surface area contributed by atoms with Gasteiger partial charge < -0.3 is 10.6 Å². The third kappa shape index (κ3) is 3.48. The largest absolute Gasteiger partial charge is 0.399 e. The number of benzene rings is 2. The van der Waals surface area contributed by atoms with Gasteiger partial charge in [-0.2, -0.15) is 0 Å². The molecule has 0 saturated carbocycles. The number of anilines is 2. The number of hydrogen-bond acceptors (Lipinski definition) is 2. The normalized spacial score (nSPS) is 10.2. The average Bonchev–Trinajstić information content (AvgIpc) is 2.39. The Bertz CT molecular complexity index is 581. The van der Waals surface area contributed by atoms with Crippen LogP contribution in [0.4, 0.5) is 11.4 Å². The minimum atomic E-state index is 0.00652. The maximum atomic E-state index is 12.2. The Kier molecular flexibility index (Phi) is 4.07. The fraction of sp³-hybridized carbons (Fsp3) is 0.133. The van der Waals surface area contributed by atoms with Crippen LogP contribution in [0.3, 0.4) is 0 Å². The molecule has 0 heterocycles. The Hall–Kier alpha value is -2.00. The van der Waals surface area contributed by atoms with E-state index in [1.54, 1.807) is 36.2 Å². The van der Waals surface area contributed by atoms with Gasteiger partial charge in [-0.25, -0.2) is 0 Å². The van der Waals surface area contributed by atoms with Crippen LogP contribution in [-0.2, 0) is 11.2 Å². The summed E-state index contributed by atoms with van der Waals surface area (Å²) in [5, 5.41) is 0.639. The number of carbonyl (C=O) groups excluding carboxylic acids is 1. The molecule has 2 aromatic rings. The van der Waals surface area contributed by atoms with Crippen LogP contribution >= 0.6 is 11.6 Å². The molecule has 0 saturated heterocycles. The highest BCUT2D eigenvalue weighted by molar-refractivity contribution is 6.30. The number of rotatable bonds is 3. The molecule has 98 valence electrons. The third-order valence-corrected chi connectivity index (χ3v) is 3.13. The highest BCUT2D eigenvalue weighted by Gasteiger charge is 2.11. The van der Waals surface area contributed by atoms with Crippen molar-refractivity contribution < 1.29 is 4.79 Å². The number of likely N-dealkylation sites (N-methyl/N-ethyl adjacent to an activating group) is 1. The molecule has 0 aliphatic rings. The smallest absolute Gasteiger partial charge is 0.231 e. The Morgan fingerprint density at radius 3 is 2.53 bits per heavy atom. The molecule has 2 aromatic carbocycles. The van der Waals surface area contributed by atoms with Crippen LogP contribution < -0.4 is 10.6 Å². The lowest BCUT2D eigenvalue weighted by Gasteiger charge is -2.17. The lowest BCUT2D eigenvalue weighted by molar-refractivity contribution is -0.117. The molecular formula is C15H15ClN2O. The van der Waals surface area contributed by atoms with E-state index in [0.717, 1.165) is 11.3 Å². The first-order chi connectivity index (χ1) is 9.06. The van der Waals surface area contributed by atoms with Crippen molar-refractivity contribution in [2.24, 2.45) is 0 Å². The van der Waals surface area contributed by atoms with E-state index < -0.39 is 0 Å². The molecule has 0 atom stereocenters. The maximum absolute atomic E-state index is 12.2. The average molecular weight is 275 g/mol. The molecular weight excluding hydrogens is 260 g/mol. The van der Waals surface area contributed by atoms with Crippen molar-refractivity contribution in [2.45, 2.75) is 6.42 Å². The summed E-state index contributed by atoms with van der Waals surface area (Å²) in [7, 11) is 1.75. The summed E-state index contributed by atoms with van der Waals surface area (Å²) in [6, 6.07) is 14.5. The number of nitrogen functional groups attached to an aromatic ring is 1. The summed E-state index contributed by atoms with van der Waals surface area (Å²) in [6.07, 6.45) is 0.321. The van der Waals surface area contributed by atoms with Crippen molar-refractivity contribution in [3.8, 4) is 0 Å². The summed E-state index contributed by atoms with van der Waals surface area (Å²) in [4.78, 5) is 13.8. The van der Waals surface area contributed by atoms with Gasteiger partial charge in [0.2, 0.25) is 5.91 Å². The zero-order valence-corrected chi connectivity index (χ0v) is 11.4. The molecule has 0 aliphatic carbocycles. The Morgan fingerprint density at radius 1 is 1.21 bits per heavy atom. The van der Waals surface area contributed by atoms with Crippen LogP contribution in [0.25, 0.3) is 0 Å². The van der Waals surface area contributed by atoms with Gasteiger partial charge in [0.25, 0.3) is 0 Å². The molecule has 0 aromatic heterocycles. The van der Waals surface area contributed by atoms with Gasteiger partial charge in [0.1, 0.15) is 0 Å². The highest BCUT2D eigenvalue weighted by Crippen LogP contribution is 2.17. The number of halogens is 1. The van der Waals surface area contributed by atoms with E-state index in [9.17, 15) is 4.79 Å². The third-order valence-electron chi connectivity index (χ3n) is 2.90. The van der Waals surface area contributed by atoms with Crippen LogP contribution in [0.15, 0.2) is 48.5 Å². The molecule has 0 unspecified atom stereocenters. The summed E-state index contributed by atoms with van der Waals surface area (Å²) < 4.78 is 0. The highest BCUT2D eigenvalue weighted by atomic mass is 35.5. The van der Waals surface area contributed by atoms with Gasteiger partial charge in [0, 0.05) is 23.4 Å². The Balaban J connectivity index is 2.09. The summed E-state index contributed by atoms with van der Waals surface area (Å²) in [6.45, 7) is 0. The van der Waals surface area contributed by atoms with E-state index in [4.69, 9.17) is 17.3 Å². The molecule has 4 heteroatoms. The van der Waals surface area contributed by atoms with E-state index in [-0.39, 0.29) is 5.91 Å². The van der Waals surface area contributed by atoms with E-state index in [2.05, 4.69) is 0 Å². The van der Waals surface area contributed by atoms with Gasteiger partial charge in [-0.3, -0.25) is 4.79 Å². The topological polar surface area (TPSA) is 46.3 Å². The van der Waals surface area contributed by atoms with Crippen LogP contribution in [0.1, 0.15) is 5.56 Å². The second-order valence-corrected chi connectivity index (χ2v) is 4.79.